The second-order valence-corrected chi connectivity index (χ2v) is 6.03. The van der Waals surface area contributed by atoms with Gasteiger partial charge in [0.15, 0.2) is 0 Å². The fraction of sp³-hybridized carbons (Fsp3) is 0.750. The van der Waals surface area contributed by atoms with Crippen LogP contribution < -0.4 is 5.32 Å². The first kappa shape index (κ1) is 14.0. The van der Waals surface area contributed by atoms with Crippen LogP contribution in [0.5, 0.6) is 0 Å². The van der Waals surface area contributed by atoms with Crippen molar-refractivity contribution in [1.82, 2.24) is 20.2 Å². The van der Waals surface area contributed by atoms with Crippen molar-refractivity contribution in [3.05, 3.63) is 23.8 Å². The standard InChI is InChI=1S/C16H26N4/c1-2-15(20-11-9-17-10-12-20)16-18-8-7-14(19-16)13-5-3-4-6-13/h7-8,13,15,17H,2-6,9-12H2,1H3. The SMILES string of the molecule is CCC(c1nccc(C2CCCC2)n1)N1CCNCC1. The van der Waals surface area contributed by atoms with Gasteiger partial charge in [0.25, 0.3) is 0 Å². The Hall–Kier alpha value is -1.00. The molecule has 0 amide bonds. The maximum absolute atomic E-state index is 4.93. The van der Waals surface area contributed by atoms with Crippen molar-refractivity contribution in [2.45, 2.75) is 51.0 Å². The van der Waals surface area contributed by atoms with E-state index in [-0.39, 0.29) is 0 Å². The highest BCUT2D eigenvalue weighted by Gasteiger charge is 2.24. The number of aromatic nitrogens is 2. The summed E-state index contributed by atoms with van der Waals surface area (Å²) in [6.07, 6.45) is 8.40. The van der Waals surface area contributed by atoms with Gasteiger partial charge in [0.2, 0.25) is 0 Å². The number of rotatable bonds is 4. The predicted molar refractivity (Wildman–Crippen MR) is 80.7 cm³/mol. The molecule has 4 nitrogen and oxygen atoms in total. The largest absolute Gasteiger partial charge is 0.314 e. The van der Waals surface area contributed by atoms with Crippen molar-refractivity contribution in [2.75, 3.05) is 26.2 Å². The maximum atomic E-state index is 4.93. The normalized spacial score (nSPS) is 23.1. The molecule has 0 spiro atoms. The summed E-state index contributed by atoms with van der Waals surface area (Å²) >= 11 is 0. The molecule has 1 atom stereocenters. The molecule has 1 aromatic heterocycles. The Kier molecular flexibility index (Phi) is 4.63. The number of piperazine rings is 1. The summed E-state index contributed by atoms with van der Waals surface area (Å²) in [6.45, 7) is 6.63. The second-order valence-electron chi connectivity index (χ2n) is 6.03. The fourth-order valence-electron chi connectivity index (χ4n) is 3.60. The first-order chi connectivity index (χ1) is 9.88. The lowest BCUT2D eigenvalue weighted by molar-refractivity contribution is 0.162. The third kappa shape index (κ3) is 3.01. The van der Waals surface area contributed by atoms with Crippen LogP contribution in [-0.2, 0) is 0 Å². The van der Waals surface area contributed by atoms with Gasteiger partial charge in [-0.2, -0.15) is 0 Å². The van der Waals surface area contributed by atoms with E-state index < -0.39 is 0 Å². The lowest BCUT2D eigenvalue weighted by Gasteiger charge is -2.33. The zero-order valence-corrected chi connectivity index (χ0v) is 12.5. The zero-order chi connectivity index (χ0) is 13.8. The van der Waals surface area contributed by atoms with Gasteiger partial charge in [-0.3, -0.25) is 4.90 Å². The Labute approximate surface area is 122 Å². The van der Waals surface area contributed by atoms with Crippen LogP contribution in [0.2, 0.25) is 0 Å². The van der Waals surface area contributed by atoms with Crippen LogP contribution in [0, 0.1) is 0 Å². The van der Waals surface area contributed by atoms with Gasteiger partial charge in [-0.05, 0) is 25.3 Å². The molecule has 1 saturated heterocycles. The Morgan fingerprint density at radius 2 is 2.05 bits per heavy atom. The molecular weight excluding hydrogens is 248 g/mol. The van der Waals surface area contributed by atoms with Gasteiger partial charge in [-0.15, -0.1) is 0 Å². The Bertz CT molecular complexity index is 422. The summed E-state index contributed by atoms with van der Waals surface area (Å²) in [6, 6.07) is 2.52. The quantitative estimate of drug-likeness (QED) is 0.916. The molecule has 110 valence electrons. The van der Waals surface area contributed by atoms with Crippen LogP contribution in [0.15, 0.2) is 12.3 Å². The molecular formula is C16H26N4. The van der Waals surface area contributed by atoms with Crippen LogP contribution in [-0.4, -0.2) is 41.0 Å². The van der Waals surface area contributed by atoms with Gasteiger partial charge < -0.3 is 5.32 Å². The highest BCUT2D eigenvalue weighted by atomic mass is 15.2. The summed E-state index contributed by atoms with van der Waals surface area (Å²) in [5, 5.41) is 3.42. The highest BCUT2D eigenvalue weighted by molar-refractivity contribution is 5.11. The van der Waals surface area contributed by atoms with E-state index in [2.05, 4.69) is 28.2 Å². The molecule has 1 unspecified atom stereocenters. The summed E-state index contributed by atoms with van der Waals surface area (Å²) in [7, 11) is 0. The number of nitrogens with zero attached hydrogens (tertiary/aromatic N) is 3. The molecule has 1 N–H and O–H groups in total. The zero-order valence-electron chi connectivity index (χ0n) is 12.5. The molecule has 1 aliphatic carbocycles. The van der Waals surface area contributed by atoms with E-state index in [1.165, 1.54) is 31.4 Å². The summed E-state index contributed by atoms with van der Waals surface area (Å²) in [4.78, 5) is 12.0. The summed E-state index contributed by atoms with van der Waals surface area (Å²) in [5.41, 5.74) is 1.28. The third-order valence-corrected chi connectivity index (χ3v) is 4.75. The van der Waals surface area contributed by atoms with Gasteiger partial charge >= 0.3 is 0 Å². The van der Waals surface area contributed by atoms with E-state index in [1.807, 2.05) is 6.20 Å². The lowest BCUT2D eigenvalue weighted by Crippen LogP contribution is -2.45. The summed E-state index contributed by atoms with van der Waals surface area (Å²) < 4.78 is 0. The monoisotopic (exact) mass is 274 g/mol. The molecule has 2 aliphatic rings. The molecule has 2 fully saturated rings. The molecule has 0 aromatic carbocycles. The predicted octanol–water partition coefficient (Wildman–Crippen LogP) is 2.49. The fourth-order valence-corrected chi connectivity index (χ4v) is 3.60. The molecule has 0 radical (unpaired) electrons. The van der Waals surface area contributed by atoms with E-state index in [4.69, 9.17) is 4.98 Å². The Morgan fingerprint density at radius 1 is 1.30 bits per heavy atom. The first-order valence-corrected chi connectivity index (χ1v) is 8.16. The van der Waals surface area contributed by atoms with Gasteiger partial charge in [-0.1, -0.05) is 19.8 Å². The van der Waals surface area contributed by atoms with Crippen molar-refractivity contribution in [2.24, 2.45) is 0 Å². The van der Waals surface area contributed by atoms with E-state index in [0.29, 0.717) is 12.0 Å². The van der Waals surface area contributed by atoms with Crippen molar-refractivity contribution in [1.29, 1.82) is 0 Å². The van der Waals surface area contributed by atoms with Crippen molar-refractivity contribution < 1.29 is 0 Å². The van der Waals surface area contributed by atoms with Crippen LogP contribution in [0.4, 0.5) is 0 Å². The second kappa shape index (κ2) is 6.64. The lowest BCUT2D eigenvalue weighted by atomic mass is 10.0. The average Bonchev–Trinajstić information content (AvgIpc) is 3.04. The van der Waals surface area contributed by atoms with E-state index in [0.717, 1.165) is 38.4 Å². The van der Waals surface area contributed by atoms with Gasteiger partial charge in [-0.25, -0.2) is 9.97 Å². The minimum absolute atomic E-state index is 0.387. The average molecular weight is 274 g/mol. The van der Waals surface area contributed by atoms with Gasteiger partial charge in [0.1, 0.15) is 5.82 Å². The van der Waals surface area contributed by atoms with Crippen molar-refractivity contribution >= 4 is 0 Å². The summed E-state index contributed by atoms with van der Waals surface area (Å²) in [5.74, 6) is 1.72. The number of nitrogens with one attached hydrogen (secondary N) is 1. The number of hydrogen-bond acceptors (Lipinski definition) is 4. The maximum Gasteiger partial charge on any atom is 0.145 e. The van der Waals surface area contributed by atoms with Crippen LogP contribution in [0.3, 0.4) is 0 Å². The molecule has 1 saturated carbocycles. The molecule has 1 aliphatic heterocycles. The number of hydrogen-bond donors (Lipinski definition) is 1. The van der Waals surface area contributed by atoms with E-state index in [1.54, 1.807) is 0 Å². The van der Waals surface area contributed by atoms with Gasteiger partial charge in [0, 0.05) is 44.0 Å². The van der Waals surface area contributed by atoms with Crippen LogP contribution in [0.25, 0.3) is 0 Å². The topological polar surface area (TPSA) is 41.1 Å². The van der Waals surface area contributed by atoms with Crippen LogP contribution >= 0.6 is 0 Å². The molecule has 0 bridgehead atoms. The molecule has 20 heavy (non-hydrogen) atoms. The minimum atomic E-state index is 0.387. The van der Waals surface area contributed by atoms with E-state index >= 15 is 0 Å². The van der Waals surface area contributed by atoms with Gasteiger partial charge in [0.05, 0.1) is 6.04 Å². The van der Waals surface area contributed by atoms with Crippen molar-refractivity contribution in [3.8, 4) is 0 Å². The smallest absolute Gasteiger partial charge is 0.145 e. The van der Waals surface area contributed by atoms with Crippen LogP contribution in [0.1, 0.15) is 62.5 Å². The third-order valence-electron chi connectivity index (χ3n) is 4.75. The Balaban J connectivity index is 1.78. The van der Waals surface area contributed by atoms with E-state index in [9.17, 15) is 0 Å². The highest BCUT2D eigenvalue weighted by Crippen LogP contribution is 2.33. The molecule has 4 heteroatoms. The van der Waals surface area contributed by atoms with Crippen molar-refractivity contribution in [3.63, 3.8) is 0 Å². The minimum Gasteiger partial charge on any atom is -0.314 e. The molecule has 2 heterocycles. The molecule has 1 aromatic rings. The molecule has 3 rings (SSSR count). The first-order valence-electron chi connectivity index (χ1n) is 8.16. The Morgan fingerprint density at radius 3 is 2.75 bits per heavy atom.